The summed E-state index contributed by atoms with van der Waals surface area (Å²) in [6.45, 7) is 8.62. The molecule has 164 valence electrons. The summed E-state index contributed by atoms with van der Waals surface area (Å²) in [7, 11) is 0. The quantitative estimate of drug-likeness (QED) is 0.372. The van der Waals surface area contributed by atoms with E-state index < -0.39 is 51.7 Å². The van der Waals surface area contributed by atoms with E-state index >= 15 is 0 Å². The average Bonchev–Trinajstić information content (AvgIpc) is 3.29. The van der Waals surface area contributed by atoms with Gasteiger partial charge in [0.2, 0.25) is 0 Å². The largest absolute Gasteiger partial charge is 0.459 e. The second-order valence-electron chi connectivity index (χ2n) is 11.5. The predicted octanol–water partition coefficient (Wildman–Crippen LogP) is 0.755. The van der Waals surface area contributed by atoms with E-state index in [-0.39, 0.29) is 30.5 Å². The first kappa shape index (κ1) is 20.2. The Balaban J connectivity index is 1.71. The Morgan fingerprint density at radius 1 is 1.10 bits per heavy atom. The Morgan fingerprint density at radius 2 is 1.76 bits per heavy atom. The fourth-order valence-electron chi connectivity index (χ4n) is 8.56. The van der Waals surface area contributed by atoms with Gasteiger partial charge in [0.25, 0.3) is 0 Å². The summed E-state index contributed by atoms with van der Waals surface area (Å²) in [4.78, 5) is 12.1. The molecular weight excluding hydrogens is 376 g/mol. The molecule has 4 saturated carbocycles. The van der Waals surface area contributed by atoms with E-state index in [0.29, 0.717) is 19.3 Å². The van der Waals surface area contributed by atoms with Crippen LogP contribution in [0.3, 0.4) is 0 Å². The summed E-state index contributed by atoms with van der Waals surface area (Å²) in [6.07, 6.45) is -0.461. The second kappa shape index (κ2) is 5.36. The average molecular weight is 411 g/mol. The number of aliphatic hydroxyl groups excluding tert-OH is 1. The Hall–Kier alpha value is -0.730. The lowest BCUT2D eigenvalue weighted by atomic mass is 9.57. The highest BCUT2D eigenvalue weighted by Gasteiger charge is 2.83. The standard InChI is InChI=1S/C22H34O7/c1-10(23)28-13-8-21-9-19(4,25)11(16(21)24)6-7-12(21)20(5,26)15-14-17(29-14)18(2,3)22(13,15)27/h11-17,24-27H,6-9H2,1-5H3/t11-,12+,13+,14-,15-,16+,17-,19-,20-,21+,22-/m0/s1. The molecule has 5 rings (SSSR count). The topological polar surface area (TPSA) is 120 Å². The van der Waals surface area contributed by atoms with Crippen molar-refractivity contribution in [2.24, 2.45) is 28.6 Å². The van der Waals surface area contributed by atoms with Gasteiger partial charge in [0.05, 0.1) is 29.5 Å². The van der Waals surface area contributed by atoms with Crippen LogP contribution in [0.25, 0.3) is 0 Å². The number of aliphatic hydroxyl groups is 4. The fourth-order valence-corrected chi connectivity index (χ4v) is 8.56. The van der Waals surface area contributed by atoms with E-state index in [2.05, 4.69) is 0 Å². The maximum atomic E-state index is 12.2. The number of ether oxygens (including phenoxy) is 2. The van der Waals surface area contributed by atoms with E-state index in [4.69, 9.17) is 9.47 Å². The highest BCUT2D eigenvalue weighted by Crippen LogP contribution is 2.73. The first-order valence-corrected chi connectivity index (χ1v) is 10.9. The van der Waals surface area contributed by atoms with E-state index in [1.807, 2.05) is 13.8 Å². The van der Waals surface area contributed by atoms with Gasteiger partial charge in [-0.3, -0.25) is 4.79 Å². The third-order valence-electron chi connectivity index (χ3n) is 9.69. The first-order valence-electron chi connectivity index (χ1n) is 10.9. The van der Waals surface area contributed by atoms with Gasteiger partial charge in [0.15, 0.2) is 0 Å². The molecule has 1 spiro atoms. The summed E-state index contributed by atoms with van der Waals surface area (Å²) in [5, 5.41) is 46.6. The molecule has 0 aromatic heterocycles. The SMILES string of the molecule is CC(=O)O[C@@H]1C[C@@]23C[C@](C)(O)[C@@H](CC[C@@H]2[C@](C)(O)[C@@H]2[C@@H]4O[C@@H]4C(C)(C)[C@]12O)[C@H]3O. The molecule has 0 radical (unpaired) electrons. The molecule has 11 atom stereocenters. The molecule has 0 aromatic carbocycles. The number of rotatable bonds is 1. The van der Waals surface area contributed by atoms with E-state index in [1.54, 1.807) is 13.8 Å². The number of carbonyl (C=O) groups excluding carboxylic acids is 1. The van der Waals surface area contributed by atoms with Crippen LogP contribution in [0.4, 0.5) is 0 Å². The minimum Gasteiger partial charge on any atom is -0.459 e. The Bertz CT molecular complexity index is 760. The predicted molar refractivity (Wildman–Crippen MR) is 102 cm³/mol. The summed E-state index contributed by atoms with van der Waals surface area (Å²) in [5.41, 5.74) is -5.48. The van der Waals surface area contributed by atoms with Crippen molar-refractivity contribution in [3.05, 3.63) is 0 Å². The number of hydrogen-bond donors (Lipinski definition) is 4. The lowest BCUT2D eigenvalue weighted by Crippen LogP contribution is -2.63. The molecule has 7 heteroatoms. The van der Waals surface area contributed by atoms with Crippen molar-refractivity contribution in [1.29, 1.82) is 0 Å². The zero-order chi connectivity index (χ0) is 21.4. The molecule has 1 aliphatic heterocycles. The van der Waals surface area contributed by atoms with E-state index in [0.717, 1.165) is 0 Å². The van der Waals surface area contributed by atoms with Crippen molar-refractivity contribution in [1.82, 2.24) is 0 Å². The number of epoxide rings is 1. The molecule has 7 nitrogen and oxygen atoms in total. The van der Waals surface area contributed by atoms with Gasteiger partial charge in [-0.25, -0.2) is 0 Å². The van der Waals surface area contributed by atoms with Gasteiger partial charge >= 0.3 is 5.97 Å². The van der Waals surface area contributed by atoms with E-state index in [9.17, 15) is 25.2 Å². The second-order valence-corrected chi connectivity index (χ2v) is 11.5. The lowest BCUT2D eigenvalue weighted by Gasteiger charge is -2.51. The third kappa shape index (κ3) is 2.14. The summed E-state index contributed by atoms with van der Waals surface area (Å²) < 4.78 is 11.6. The van der Waals surface area contributed by atoms with Gasteiger partial charge in [0, 0.05) is 29.6 Å². The molecule has 1 saturated heterocycles. The van der Waals surface area contributed by atoms with Gasteiger partial charge in [-0.15, -0.1) is 0 Å². The zero-order valence-corrected chi connectivity index (χ0v) is 17.9. The van der Waals surface area contributed by atoms with Crippen molar-refractivity contribution in [2.45, 2.75) is 102 Å². The van der Waals surface area contributed by atoms with E-state index in [1.165, 1.54) is 6.92 Å². The van der Waals surface area contributed by atoms with Crippen molar-refractivity contribution in [3.8, 4) is 0 Å². The van der Waals surface area contributed by atoms with Crippen molar-refractivity contribution >= 4 is 5.97 Å². The molecular formula is C22H34O7. The molecule has 2 bridgehead atoms. The maximum absolute atomic E-state index is 12.2. The summed E-state index contributed by atoms with van der Waals surface area (Å²) >= 11 is 0. The number of fused-ring (bicyclic) bond motifs is 4. The van der Waals surface area contributed by atoms with Crippen LogP contribution in [0, 0.1) is 28.6 Å². The monoisotopic (exact) mass is 410 g/mol. The summed E-state index contributed by atoms with van der Waals surface area (Å²) in [5.74, 6) is -1.78. The third-order valence-corrected chi connectivity index (χ3v) is 9.69. The first-order chi connectivity index (χ1) is 13.2. The van der Waals surface area contributed by atoms with Gasteiger partial charge in [0.1, 0.15) is 11.7 Å². The number of carbonyl (C=O) groups is 1. The number of hydrogen-bond acceptors (Lipinski definition) is 7. The normalized spacial score (nSPS) is 61.9. The van der Waals surface area contributed by atoms with Crippen LogP contribution in [-0.2, 0) is 14.3 Å². The van der Waals surface area contributed by atoms with Gasteiger partial charge in [-0.2, -0.15) is 0 Å². The molecule has 0 aromatic rings. The van der Waals surface area contributed by atoms with Crippen molar-refractivity contribution in [2.75, 3.05) is 0 Å². The lowest BCUT2D eigenvalue weighted by molar-refractivity contribution is -0.230. The Kier molecular flexibility index (Phi) is 3.73. The molecule has 1 heterocycles. The van der Waals surface area contributed by atoms with Gasteiger partial charge in [-0.05, 0) is 45.4 Å². The van der Waals surface area contributed by atoms with Crippen LogP contribution >= 0.6 is 0 Å². The highest BCUT2D eigenvalue weighted by molar-refractivity contribution is 5.66. The van der Waals surface area contributed by atoms with Crippen molar-refractivity contribution in [3.63, 3.8) is 0 Å². The molecule has 29 heavy (non-hydrogen) atoms. The number of esters is 1. The molecule has 5 fully saturated rings. The fraction of sp³-hybridized carbons (Fsp3) is 0.955. The molecule has 0 unspecified atom stereocenters. The van der Waals surface area contributed by atoms with Crippen molar-refractivity contribution < 1.29 is 34.7 Å². The van der Waals surface area contributed by atoms with Gasteiger partial charge < -0.3 is 29.9 Å². The smallest absolute Gasteiger partial charge is 0.303 e. The molecule has 5 aliphatic rings. The highest BCUT2D eigenvalue weighted by atomic mass is 16.6. The van der Waals surface area contributed by atoms with Crippen LogP contribution < -0.4 is 0 Å². The van der Waals surface area contributed by atoms with Gasteiger partial charge in [-0.1, -0.05) is 13.8 Å². The minimum atomic E-state index is -1.49. The van der Waals surface area contributed by atoms with Crippen LogP contribution in [0.2, 0.25) is 0 Å². The van der Waals surface area contributed by atoms with Crippen LogP contribution in [-0.4, -0.2) is 67.6 Å². The van der Waals surface area contributed by atoms with Crippen LogP contribution in [0.5, 0.6) is 0 Å². The van der Waals surface area contributed by atoms with Crippen LogP contribution in [0.15, 0.2) is 0 Å². The minimum absolute atomic E-state index is 0.205. The summed E-state index contributed by atoms with van der Waals surface area (Å²) in [6, 6.07) is 0. The van der Waals surface area contributed by atoms with Crippen LogP contribution in [0.1, 0.15) is 60.3 Å². The maximum Gasteiger partial charge on any atom is 0.303 e. The zero-order valence-electron chi connectivity index (χ0n) is 17.9. The Morgan fingerprint density at radius 3 is 2.38 bits per heavy atom. The molecule has 0 amide bonds. The molecule has 4 N–H and O–H groups in total. The molecule has 4 aliphatic carbocycles. The Labute approximate surface area is 171 Å².